The molecule has 0 N–H and O–H groups in total. The first-order valence-corrected chi connectivity index (χ1v) is 5.31. The monoisotopic (exact) mass is 161 g/mol. The van der Waals surface area contributed by atoms with Gasteiger partial charge < -0.3 is 0 Å². The first-order valence-electron chi connectivity index (χ1n) is 3.17. The molecule has 0 fully saturated rings. The molecule has 52 valence electrons. The molecule has 0 unspecified atom stereocenters. The highest BCUT2D eigenvalue weighted by molar-refractivity contribution is 8.16. The average molecular weight is 161 g/mol. The van der Waals surface area contributed by atoms with E-state index in [-0.39, 0.29) is 0 Å². The van der Waals surface area contributed by atoms with E-state index in [0.717, 1.165) is 12.3 Å². The minimum Gasteiger partial charge on any atom is -0.281 e. The van der Waals surface area contributed by atoms with Crippen LogP contribution in [0.3, 0.4) is 0 Å². The van der Waals surface area contributed by atoms with E-state index in [0.29, 0.717) is 0 Å². The van der Waals surface area contributed by atoms with Crippen LogP contribution in [0.15, 0.2) is 4.99 Å². The summed E-state index contributed by atoms with van der Waals surface area (Å²) in [4.78, 5) is 4.33. The molecule has 1 heterocycles. The molecule has 1 aliphatic rings. The van der Waals surface area contributed by atoms with Crippen LogP contribution >= 0.6 is 23.5 Å². The van der Waals surface area contributed by atoms with Crippen molar-refractivity contribution >= 4 is 28.6 Å². The van der Waals surface area contributed by atoms with Crippen LogP contribution in [0.5, 0.6) is 0 Å². The molecular formula is C6H11NS2. The molecule has 0 bridgehead atoms. The number of nitrogens with zero attached hydrogens (tertiary/aromatic N) is 1. The Hall–Kier alpha value is 0.370. The highest BCUT2D eigenvalue weighted by Crippen LogP contribution is 2.15. The topological polar surface area (TPSA) is 12.4 Å². The van der Waals surface area contributed by atoms with Gasteiger partial charge in [-0.25, -0.2) is 0 Å². The van der Waals surface area contributed by atoms with Crippen LogP contribution in [0.4, 0.5) is 0 Å². The summed E-state index contributed by atoms with van der Waals surface area (Å²) in [5.74, 6) is 3.56. The summed E-state index contributed by atoms with van der Waals surface area (Å²) in [6, 6.07) is 0. The Bertz CT molecular complexity index is 112. The third-order valence-corrected chi connectivity index (χ3v) is 3.14. The first-order chi connectivity index (χ1) is 4.43. The second-order valence-corrected chi connectivity index (χ2v) is 4.20. The van der Waals surface area contributed by atoms with E-state index in [9.17, 15) is 0 Å². The Labute approximate surface area is 64.7 Å². The lowest BCUT2D eigenvalue weighted by atomic mass is 10.7. The van der Waals surface area contributed by atoms with Crippen LogP contribution in [0.2, 0.25) is 0 Å². The lowest BCUT2D eigenvalue weighted by molar-refractivity contribution is 1.17. The van der Waals surface area contributed by atoms with Gasteiger partial charge in [0.1, 0.15) is 0 Å². The van der Waals surface area contributed by atoms with E-state index in [4.69, 9.17) is 0 Å². The molecule has 3 heteroatoms. The maximum Gasteiger partial charge on any atom is 0.0776 e. The fourth-order valence-electron chi connectivity index (χ4n) is 0.656. The van der Waals surface area contributed by atoms with Gasteiger partial charge >= 0.3 is 0 Å². The number of rotatable bonds is 3. The predicted octanol–water partition coefficient (Wildman–Crippen LogP) is 1.88. The molecule has 9 heavy (non-hydrogen) atoms. The van der Waals surface area contributed by atoms with E-state index in [1.807, 2.05) is 23.5 Å². The Morgan fingerprint density at radius 3 is 3.22 bits per heavy atom. The van der Waals surface area contributed by atoms with Crippen molar-refractivity contribution in [1.29, 1.82) is 0 Å². The van der Waals surface area contributed by atoms with E-state index in [1.54, 1.807) is 0 Å². The second kappa shape index (κ2) is 4.23. The predicted molar refractivity (Wildman–Crippen MR) is 47.8 cm³/mol. The van der Waals surface area contributed by atoms with Crippen molar-refractivity contribution in [2.75, 3.05) is 23.8 Å². The third-order valence-electron chi connectivity index (χ3n) is 1.08. The van der Waals surface area contributed by atoms with Gasteiger partial charge in [0, 0.05) is 18.1 Å². The highest BCUT2D eigenvalue weighted by atomic mass is 32.2. The molecule has 0 atom stereocenters. The molecule has 0 aromatic rings. The quantitative estimate of drug-likeness (QED) is 0.626. The van der Waals surface area contributed by atoms with Gasteiger partial charge in [-0.3, -0.25) is 4.99 Å². The second-order valence-electron chi connectivity index (χ2n) is 1.76. The van der Waals surface area contributed by atoms with E-state index in [2.05, 4.69) is 11.9 Å². The molecule has 0 radical (unpaired) electrons. The van der Waals surface area contributed by atoms with Gasteiger partial charge in [0.2, 0.25) is 0 Å². The fraction of sp³-hybridized carbons (Fsp3) is 0.833. The zero-order valence-electron chi connectivity index (χ0n) is 5.59. The Morgan fingerprint density at radius 1 is 1.78 bits per heavy atom. The average Bonchev–Trinajstić information content (AvgIpc) is 2.34. The van der Waals surface area contributed by atoms with Crippen molar-refractivity contribution in [2.45, 2.75) is 6.92 Å². The molecule has 1 nitrogen and oxygen atoms in total. The maximum absolute atomic E-state index is 4.33. The summed E-state index contributed by atoms with van der Waals surface area (Å²) >= 11 is 3.87. The number of aliphatic imine (C=N–C) groups is 1. The van der Waals surface area contributed by atoms with Gasteiger partial charge in [0.15, 0.2) is 0 Å². The largest absolute Gasteiger partial charge is 0.281 e. The molecule has 0 saturated heterocycles. The van der Waals surface area contributed by atoms with Gasteiger partial charge in [-0.1, -0.05) is 6.92 Å². The fourth-order valence-corrected chi connectivity index (χ4v) is 2.31. The molecule has 0 aromatic carbocycles. The third kappa shape index (κ3) is 2.63. The summed E-state index contributed by atoms with van der Waals surface area (Å²) in [6.07, 6.45) is 0. The zero-order valence-corrected chi connectivity index (χ0v) is 7.23. The highest BCUT2D eigenvalue weighted by Gasteiger charge is 2.04. The summed E-state index contributed by atoms with van der Waals surface area (Å²) in [7, 11) is 0. The Morgan fingerprint density at radius 2 is 2.67 bits per heavy atom. The molecule has 0 aromatic heterocycles. The summed E-state index contributed by atoms with van der Waals surface area (Å²) in [5.41, 5.74) is 0. The van der Waals surface area contributed by atoms with Crippen LogP contribution in [-0.4, -0.2) is 28.8 Å². The minimum atomic E-state index is 1.05. The Kier molecular flexibility index (Phi) is 3.51. The lowest BCUT2D eigenvalue weighted by Crippen LogP contribution is -1.91. The molecule has 0 aliphatic carbocycles. The summed E-state index contributed by atoms with van der Waals surface area (Å²) in [5, 5.41) is 1.35. The molecule has 1 rings (SSSR count). The zero-order chi connectivity index (χ0) is 6.53. The van der Waals surface area contributed by atoms with Crippen molar-refractivity contribution in [1.82, 2.24) is 0 Å². The van der Waals surface area contributed by atoms with E-state index >= 15 is 0 Å². The van der Waals surface area contributed by atoms with Crippen LogP contribution in [0, 0.1) is 0 Å². The molecule has 0 saturated carbocycles. The lowest BCUT2D eigenvalue weighted by Gasteiger charge is -1.94. The van der Waals surface area contributed by atoms with Gasteiger partial charge in [-0.2, -0.15) is 11.8 Å². The van der Waals surface area contributed by atoms with Gasteiger partial charge in [0.25, 0.3) is 0 Å². The van der Waals surface area contributed by atoms with Gasteiger partial charge in [0.05, 0.1) is 5.04 Å². The first kappa shape index (κ1) is 7.48. The van der Waals surface area contributed by atoms with Crippen molar-refractivity contribution in [3.63, 3.8) is 0 Å². The molecule has 0 spiro atoms. The van der Waals surface area contributed by atoms with Gasteiger partial charge in [-0.15, -0.1) is 11.8 Å². The normalized spacial score (nSPS) is 18.1. The smallest absolute Gasteiger partial charge is 0.0776 e. The van der Waals surface area contributed by atoms with Crippen LogP contribution < -0.4 is 0 Å². The van der Waals surface area contributed by atoms with Crippen molar-refractivity contribution in [3.8, 4) is 0 Å². The number of thioether (sulfide) groups is 2. The number of hydrogen-bond acceptors (Lipinski definition) is 3. The molecule has 0 amide bonds. The van der Waals surface area contributed by atoms with Crippen LogP contribution in [0.25, 0.3) is 0 Å². The van der Waals surface area contributed by atoms with Gasteiger partial charge in [-0.05, 0) is 5.75 Å². The minimum absolute atomic E-state index is 1.05. The van der Waals surface area contributed by atoms with E-state index in [1.165, 1.54) is 16.5 Å². The van der Waals surface area contributed by atoms with Crippen molar-refractivity contribution in [3.05, 3.63) is 0 Å². The van der Waals surface area contributed by atoms with E-state index < -0.39 is 0 Å². The maximum atomic E-state index is 4.33. The standard InChI is InChI=1S/C6H11NS2/c1-2-8-5-6-7-3-4-9-6/h2-5H2,1H3. The molecular weight excluding hydrogens is 150 g/mol. The summed E-state index contributed by atoms with van der Waals surface area (Å²) in [6.45, 7) is 3.23. The van der Waals surface area contributed by atoms with Crippen LogP contribution in [-0.2, 0) is 0 Å². The van der Waals surface area contributed by atoms with Crippen molar-refractivity contribution in [2.24, 2.45) is 4.99 Å². The van der Waals surface area contributed by atoms with Crippen molar-refractivity contribution < 1.29 is 0 Å². The Balaban J connectivity index is 2.11. The van der Waals surface area contributed by atoms with Crippen LogP contribution in [0.1, 0.15) is 6.92 Å². The number of hydrogen-bond donors (Lipinski definition) is 0. The molecule has 1 aliphatic heterocycles. The summed E-state index contributed by atoms with van der Waals surface area (Å²) < 4.78 is 0. The SMILES string of the molecule is CCSCC1=NCCS1.